The van der Waals surface area contributed by atoms with Gasteiger partial charge in [-0.15, -0.1) is 11.8 Å². The molecule has 0 aromatic heterocycles. The van der Waals surface area contributed by atoms with E-state index in [9.17, 15) is 9.59 Å². The minimum atomic E-state index is -0.672. The lowest BCUT2D eigenvalue weighted by Crippen LogP contribution is -2.31. The van der Waals surface area contributed by atoms with Crippen molar-refractivity contribution in [2.24, 2.45) is 11.8 Å². The van der Waals surface area contributed by atoms with E-state index in [1.807, 2.05) is 38.1 Å². The molecule has 0 spiro atoms. The molecule has 1 atom stereocenters. The van der Waals surface area contributed by atoms with Crippen LogP contribution in [0.4, 0.5) is 0 Å². The normalized spacial score (nSPS) is 12.2. The second-order valence-electron chi connectivity index (χ2n) is 4.69. The van der Waals surface area contributed by atoms with Crippen LogP contribution in [-0.2, 0) is 14.3 Å². The summed E-state index contributed by atoms with van der Waals surface area (Å²) in [5, 5.41) is 0. The fourth-order valence-electron chi connectivity index (χ4n) is 1.81. The van der Waals surface area contributed by atoms with Gasteiger partial charge in [0.2, 0.25) is 0 Å². The summed E-state index contributed by atoms with van der Waals surface area (Å²) in [5.74, 6) is -0.942. The summed E-state index contributed by atoms with van der Waals surface area (Å²) in [6.07, 6.45) is 0. The summed E-state index contributed by atoms with van der Waals surface area (Å²) in [4.78, 5) is 25.1. The molecule has 5 heteroatoms. The minimum absolute atomic E-state index is 0.0512. The average molecular weight is 359 g/mol. The van der Waals surface area contributed by atoms with E-state index in [1.165, 1.54) is 11.8 Å². The number of thioether (sulfide) groups is 1. The second-order valence-corrected chi connectivity index (χ2v) is 6.65. The van der Waals surface area contributed by atoms with E-state index in [1.54, 1.807) is 6.92 Å². The Morgan fingerprint density at radius 3 is 2.60 bits per heavy atom. The van der Waals surface area contributed by atoms with E-state index in [4.69, 9.17) is 4.74 Å². The zero-order valence-corrected chi connectivity index (χ0v) is 14.3. The number of halogens is 1. The molecule has 0 amide bonds. The highest BCUT2D eigenvalue weighted by molar-refractivity contribution is 9.10. The van der Waals surface area contributed by atoms with Crippen LogP contribution in [-0.4, -0.2) is 24.1 Å². The molecule has 0 fully saturated rings. The summed E-state index contributed by atoms with van der Waals surface area (Å²) in [5.41, 5.74) is 0. The van der Waals surface area contributed by atoms with Crippen LogP contribution in [0.2, 0.25) is 0 Å². The Balaban J connectivity index is 2.65. The lowest BCUT2D eigenvalue weighted by molar-refractivity contribution is -0.152. The molecule has 0 saturated carbocycles. The molecule has 1 rings (SSSR count). The van der Waals surface area contributed by atoms with Crippen LogP contribution >= 0.6 is 27.7 Å². The van der Waals surface area contributed by atoms with Gasteiger partial charge >= 0.3 is 5.97 Å². The Morgan fingerprint density at radius 2 is 2.05 bits per heavy atom. The van der Waals surface area contributed by atoms with Gasteiger partial charge in [0.15, 0.2) is 5.78 Å². The van der Waals surface area contributed by atoms with Crippen molar-refractivity contribution in [2.45, 2.75) is 25.7 Å². The van der Waals surface area contributed by atoms with Crippen LogP contribution in [0.3, 0.4) is 0 Å². The highest BCUT2D eigenvalue weighted by Crippen LogP contribution is 2.24. The number of rotatable bonds is 7. The van der Waals surface area contributed by atoms with Crippen LogP contribution in [0.5, 0.6) is 0 Å². The predicted molar refractivity (Wildman–Crippen MR) is 84.8 cm³/mol. The van der Waals surface area contributed by atoms with Crippen molar-refractivity contribution in [3.05, 3.63) is 28.7 Å². The predicted octanol–water partition coefficient (Wildman–Crippen LogP) is 3.95. The first-order valence-corrected chi connectivity index (χ1v) is 8.31. The quantitative estimate of drug-likeness (QED) is 0.420. The molecule has 0 N–H and O–H groups in total. The Bertz CT molecular complexity index is 474. The van der Waals surface area contributed by atoms with Gasteiger partial charge in [0.05, 0.1) is 12.4 Å². The Labute approximate surface area is 132 Å². The lowest BCUT2D eigenvalue weighted by Gasteiger charge is -2.17. The molecule has 0 aliphatic carbocycles. The van der Waals surface area contributed by atoms with Gasteiger partial charge in [-0.05, 0) is 31.0 Å². The van der Waals surface area contributed by atoms with Crippen LogP contribution in [0.15, 0.2) is 33.6 Å². The Hall–Kier alpha value is -0.810. The fraction of sp³-hybridized carbons (Fsp3) is 0.467. The van der Waals surface area contributed by atoms with E-state index in [2.05, 4.69) is 15.9 Å². The van der Waals surface area contributed by atoms with E-state index in [0.717, 1.165) is 9.37 Å². The third-order valence-corrected chi connectivity index (χ3v) is 4.24. The molecule has 0 radical (unpaired) electrons. The Kier molecular flexibility index (Phi) is 7.30. The van der Waals surface area contributed by atoms with Crippen LogP contribution in [0.25, 0.3) is 0 Å². The van der Waals surface area contributed by atoms with E-state index in [0.29, 0.717) is 6.61 Å². The largest absolute Gasteiger partial charge is 0.465 e. The van der Waals surface area contributed by atoms with Crippen molar-refractivity contribution in [3.63, 3.8) is 0 Å². The van der Waals surface area contributed by atoms with Crippen molar-refractivity contribution >= 4 is 39.4 Å². The topological polar surface area (TPSA) is 43.4 Å². The number of carbonyl (C=O) groups is 2. The molecular formula is C15H19BrO3S. The maximum absolute atomic E-state index is 12.2. The van der Waals surface area contributed by atoms with E-state index in [-0.39, 0.29) is 17.5 Å². The highest BCUT2D eigenvalue weighted by Gasteiger charge is 2.30. The standard InChI is InChI=1S/C15H19BrO3S/c1-4-19-15(18)14(10(2)3)13(17)9-20-12-7-5-6-11(16)8-12/h5-8,10,14H,4,9H2,1-3H3. The summed E-state index contributed by atoms with van der Waals surface area (Å²) < 4.78 is 5.95. The zero-order chi connectivity index (χ0) is 15.1. The molecule has 3 nitrogen and oxygen atoms in total. The number of esters is 1. The van der Waals surface area contributed by atoms with E-state index >= 15 is 0 Å². The summed E-state index contributed by atoms with van der Waals surface area (Å²) in [6, 6.07) is 7.74. The smallest absolute Gasteiger partial charge is 0.316 e. The molecule has 20 heavy (non-hydrogen) atoms. The monoisotopic (exact) mass is 358 g/mol. The minimum Gasteiger partial charge on any atom is -0.465 e. The van der Waals surface area contributed by atoms with Crippen molar-refractivity contribution in [3.8, 4) is 0 Å². The number of ketones is 1. The second kappa shape index (κ2) is 8.47. The molecule has 0 saturated heterocycles. The number of hydrogen-bond donors (Lipinski definition) is 0. The summed E-state index contributed by atoms with van der Waals surface area (Å²) in [6.45, 7) is 5.77. The van der Waals surface area contributed by atoms with Gasteiger partial charge in [-0.25, -0.2) is 0 Å². The molecular weight excluding hydrogens is 340 g/mol. The first-order valence-electron chi connectivity index (χ1n) is 6.53. The summed E-state index contributed by atoms with van der Waals surface area (Å²) >= 11 is 4.83. The number of carbonyl (C=O) groups excluding carboxylic acids is 2. The van der Waals surface area contributed by atoms with Gasteiger partial charge in [0.1, 0.15) is 5.92 Å². The third kappa shape index (κ3) is 5.29. The van der Waals surface area contributed by atoms with Gasteiger partial charge in [-0.3, -0.25) is 9.59 Å². The van der Waals surface area contributed by atoms with Gasteiger partial charge in [-0.2, -0.15) is 0 Å². The van der Waals surface area contributed by atoms with Crippen molar-refractivity contribution in [1.29, 1.82) is 0 Å². The molecule has 0 aliphatic heterocycles. The van der Waals surface area contributed by atoms with E-state index < -0.39 is 11.9 Å². The van der Waals surface area contributed by atoms with Crippen LogP contribution in [0.1, 0.15) is 20.8 Å². The maximum Gasteiger partial charge on any atom is 0.316 e. The lowest BCUT2D eigenvalue weighted by atomic mass is 9.92. The van der Waals surface area contributed by atoms with Gasteiger partial charge in [0, 0.05) is 9.37 Å². The molecule has 110 valence electrons. The van der Waals surface area contributed by atoms with Crippen molar-refractivity contribution in [1.82, 2.24) is 0 Å². The van der Waals surface area contributed by atoms with Crippen molar-refractivity contribution in [2.75, 3.05) is 12.4 Å². The zero-order valence-electron chi connectivity index (χ0n) is 11.9. The SMILES string of the molecule is CCOC(=O)C(C(=O)CSc1cccc(Br)c1)C(C)C. The van der Waals surface area contributed by atoms with Crippen LogP contribution in [0, 0.1) is 11.8 Å². The molecule has 1 aromatic rings. The molecule has 0 bridgehead atoms. The first kappa shape index (κ1) is 17.2. The summed E-state index contributed by atoms with van der Waals surface area (Å²) in [7, 11) is 0. The number of hydrogen-bond acceptors (Lipinski definition) is 4. The third-order valence-electron chi connectivity index (χ3n) is 2.73. The maximum atomic E-state index is 12.2. The average Bonchev–Trinajstić information content (AvgIpc) is 2.36. The molecule has 0 heterocycles. The molecule has 1 aromatic carbocycles. The number of Topliss-reactive ketones (excluding diaryl/α,β-unsaturated/α-hetero) is 1. The van der Waals surface area contributed by atoms with Crippen molar-refractivity contribution < 1.29 is 14.3 Å². The fourth-order valence-corrected chi connectivity index (χ4v) is 3.23. The van der Waals surface area contributed by atoms with Gasteiger partial charge in [0.25, 0.3) is 0 Å². The number of ether oxygens (including phenoxy) is 1. The molecule has 0 aliphatic rings. The number of benzene rings is 1. The van der Waals surface area contributed by atoms with Crippen LogP contribution < -0.4 is 0 Å². The highest BCUT2D eigenvalue weighted by atomic mass is 79.9. The first-order chi connectivity index (χ1) is 9.45. The van der Waals surface area contributed by atoms with Gasteiger partial charge < -0.3 is 4.74 Å². The Morgan fingerprint density at radius 1 is 1.35 bits per heavy atom. The molecule has 1 unspecified atom stereocenters. The van der Waals surface area contributed by atoms with Gasteiger partial charge in [-0.1, -0.05) is 35.8 Å².